The number of likely N-dealkylation sites (tertiary alicyclic amines) is 1. The van der Waals surface area contributed by atoms with Crippen molar-refractivity contribution in [1.82, 2.24) is 15.1 Å². The van der Waals surface area contributed by atoms with Crippen molar-refractivity contribution in [2.75, 3.05) is 26.2 Å². The first kappa shape index (κ1) is 38.2. The van der Waals surface area contributed by atoms with E-state index >= 15 is 0 Å². The van der Waals surface area contributed by atoms with Crippen LogP contribution in [-0.2, 0) is 28.7 Å². The van der Waals surface area contributed by atoms with Crippen molar-refractivity contribution >= 4 is 39.6 Å². The summed E-state index contributed by atoms with van der Waals surface area (Å²) in [7, 11) is 0. The van der Waals surface area contributed by atoms with Crippen molar-refractivity contribution in [2.45, 2.75) is 127 Å². The molecule has 3 amide bonds. The van der Waals surface area contributed by atoms with Crippen LogP contribution in [0.5, 0.6) is 0 Å². The highest BCUT2D eigenvalue weighted by Crippen LogP contribution is 2.60. The van der Waals surface area contributed by atoms with Crippen LogP contribution >= 0.6 is 15.9 Å². The summed E-state index contributed by atoms with van der Waals surface area (Å²) in [5.41, 5.74) is -1.81. The number of allylic oxidation sites excluding steroid dienone is 1. The van der Waals surface area contributed by atoms with Gasteiger partial charge in [0.15, 0.2) is 0 Å². The number of aliphatic hydroxyl groups excluding tert-OH is 1. The van der Waals surface area contributed by atoms with Crippen LogP contribution in [0.15, 0.2) is 25.3 Å². The van der Waals surface area contributed by atoms with Crippen molar-refractivity contribution in [3.8, 4) is 0 Å². The molecule has 3 aliphatic heterocycles. The number of alkyl halides is 1. The molecular formula is C35H56BrN3O7. The molecule has 7 atom stereocenters. The number of hydrogen-bond donors (Lipinski definition) is 2. The maximum atomic E-state index is 14.9. The van der Waals surface area contributed by atoms with Gasteiger partial charge >= 0.3 is 5.97 Å². The van der Waals surface area contributed by atoms with Crippen LogP contribution in [0.3, 0.4) is 0 Å². The monoisotopic (exact) mass is 709 g/mol. The summed E-state index contributed by atoms with van der Waals surface area (Å²) in [6.07, 6.45) is 7.04. The predicted molar refractivity (Wildman–Crippen MR) is 181 cm³/mol. The van der Waals surface area contributed by atoms with Crippen LogP contribution in [0.2, 0.25) is 0 Å². The van der Waals surface area contributed by atoms with Crippen molar-refractivity contribution in [3.63, 3.8) is 0 Å². The van der Waals surface area contributed by atoms with E-state index in [0.717, 1.165) is 19.3 Å². The molecular weight excluding hydrogens is 654 g/mol. The quantitative estimate of drug-likeness (QED) is 0.0928. The molecule has 0 radical (unpaired) electrons. The third-order valence-electron chi connectivity index (χ3n) is 9.35. The largest absolute Gasteiger partial charge is 0.460 e. The molecule has 1 unspecified atom stereocenters. The van der Waals surface area contributed by atoms with Crippen LogP contribution in [0, 0.1) is 17.3 Å². The molecule has 46 heavy (non-hydrogen) atoms. The predicted octanol–water partition coefficient (Wildman–Crippen LogP) is 4.53. The number of carbonyl (C=O) groups excluding carboxylic acids is 4. The van der Waals surface area contributed by atoms with E-state index in [0.29, 0.717) is 45.2 Å². The Hall–Kier alpha value is -2.24. The summed E-state index contributed by atoms with van der Waals surface area (Å²) in [5, 5.41) is 12.0. The summed E-state index contributed by atoms with van der Waals surface area (Å²) in [4.78, 5) is 58.4. The Morgan fingerprint density at radius 2 is 1.85 bits per heavy atom. The maximum Gasteiger partial charge on any atom is 0.312 e. The molecule has 3 saturated heterocycles. The minimum absolute atomic E-state index is 0.0676. The fourth-order valence-electron chi connectivity index (χ4n) is 7.87. The fraction of sp³-hybridized carbons (Fsp3) is 0.771. The Kier molecular flexibility index (Phi) is 13.1. The lowest BCUT2D eigenvalue weighted by Crippen LogP contribution is -2.61. The minimum Gasteiger partial charge on any atom is -0.460 e. The molecule has 2 bridgehead atoms. The Morgan fingerprint density at radius 3 is 2.46 bits per heavy atom. The summed E-state index contributed by atoms with van der Waals surface area (Å²) in [6.45, 7) is 20.7. The Morgan fingerprint density at radius 1 is 1.17 bits per heavy atom. The summed E-state index contributed by atoms with van der Waals surface area (Å²) < 4.78 is 12.5. The van der Waals surface area contributed by atoms with E-state index in [2.05, 4.69) is 55.2 Å². The first-order valence-corrected chi connectivity index (χ1v) is 17.7. The Balaban J connectivity index is 1.94. The van der Waals surface area contributed by atoms with Gasteiger partial charge in [-0.15, -0.1) is 13.2 Å². The van der Waals surface area contributed by atoms with Gasteiger partial charge in [0.2, 0.25) is 17.7 Å². The molecule has 3 heterocycles. The average molecular weight is 711 g/mol. The van der Waals surface area contributed by atoms with Gasteiger partial charge in [0.05, 0.1) is 24.5 Å². The van der Waals surface area contributed by atoms with Crippen molar-refractivity contribution in [1.29, 1.82) is 0 Å². The van der Waals surface area contributed by atoms with Crippen LogP contribution in [-0.4, -0.2) is 99.1 Å². The van der Waals surface area contributed by atoms with E-state index < -0.39 is 47.2 Å². The van der Waals surface area contributed by atoms with Gasteiger partial charge in [-0.05, 0) is 58.3 Å². The molecule has 10 nitrogen and oxygen atoms in total. The first-order valence-electron chi connectivity index (χ1n) is 16.8. The third-order valence-corrected chi connectivity index (χ3v) is 10.2. The standard InChI is InChI=1S/C35H56BrN3O7/c1-9-11-16-25(41)37-21-23(3)45-32(44)26-27-30(42)38(18-14-12-13-15-19-40)29(35(27)20-24(36)28(26)46-35)31(43)39(17-10-2)34(7,8)22-33(4,5)6/h9-10,23-24,26-29,40H,1-2,11-22H2,3-8H3,(H,37,41)/t23-,24?,26+,27-,28+,29+,35-/m1/s1. The van der Waals surface area contributed by atoms with Gasteiger partial charge < -0.3 is 29.7 Å². The number of rotatable bonds is 18. The molecule has 260 valence electrons. The number of aliphatic hydroxyl groups is 1. The van der Waals surface area contributed by atoms with Crippen molar-refractivity contribution in [2.24, 2.45) is 17.3 Å². The van der Waals surface area contributed by atoms with E-state index in [1.807, 2.05) is 18.7 Å². The second kappa shape index (κ2) is 15.8. The lowest BCUT2D eigenvalue weighted by molar-refractivity contribution is -0.159. The number of nitrogens with zero attached hydrogens (tertiary/aromatic N) is 2. The normalized spacial score (nSPS) is 27.7. The third kappa shape index (κ3) is 8.42. The highest BCUT2D eigenvalue weighted by atomic mass is 79.9. The summed E-state index contributed by atoms with van der Waals surface area (Å²) >= 11 is 3.73. The first-order chi connectivity index (χ1) is 21.5. The smallest absolute Gasteiger partial charge is 0.312 e. The van der Waals surface area contributed by atoms with Gasteiger partial charge in [-0.3, -0.25) is 19.2 Å². The van der Waals surface area contributed by atoms with Crippen molar-refractivity contribution in [3.05, 3.63) is 25.3 Å². The lowest BCUT2D eigenvalue weighted by Gasteiger charge is -2.45. The van der Waals surface area contributed by atoms with E-state index in [-0.39, 0.29) is 41.1 Å². The van der Waals surface area contributed by atoms with E-state index in [1.54, 1.807) is 24.0 Å². The number of esters is 1. The number of ether oxygens (including phenoxy) is 2. The molecule has 3 aliphatic rings. The highest BCUT2D eigenvalue weighted by molar-refractivity contribution is 9.09. The van der Waals surface area contributed by atoms with Gasteiger partial charge in [-0.25, -0.2) is 0 Å². The molecule has 2 N–H and O–H groups in total. The summed E-state index contributed by atoms with van der Waals surface area (Å²) in [6, 6.07) is -0.911. The van der Waals surface area contributed by atoms with Crippen molar-refractivity contribution < 1.29 is 33.8 Å². The maximum absolute atomic E-state index is 14.9. The molecule has 0 aromatic heterocycles. The number of halogens is 1. The summed E-state index contributed by atoms with van der Waals surface area (Å²) in [5.74, 6) is -2.95. The van der Waals surface area contributed by atoms with Crippen LogP contribution in [0.4, 0.5) is 0 Å². The van der Waals surface area contributed by atoms with Crippen LogP contribution in [0.1, 0.15) is 92.9 Å². The zero-order valence-electron chi connectivity index (χ0n) is 28.7. The molecule has 11 heteroatoms. The number of hydrogen-bond acceptors (Lipinski definition) is 7. The van der Waals surface area contributed by atoms with Crippen LogP contribution in [0.25, 0.3) is 0 Å². The Bertz CT molecular complexity index is 1140. The van der Waals surface area contributed by atoms with Crippen LogP contribution < -0.4 is 5.32 Å². The number of unbranched alkanes of at least 4 members (excludes halogenated alkanes) is 3. The topological polar surface area (TPSA) is 125 Å². The molecule has 0 aromatic carbocycles. The van der Waals surface area contributed by atoms with E-state index in [1.165, 1.54) is 0 Å². The number of nitrogens with one attached hydrogen (secondary N) is 1. The molecule has 1 spiro atoms. The molecule has 0 saturated carbocycles. The molecule has 0 aliphatic carbocycles. The second-order valence-corrected chi connectivity index (χ2v) is 16.2. The Labute approximate surface area is 283 Å². The second-order valence-electron chi connectivity index (χ2n) is 15.0. The van der Waals surface area contributed by atoms with E-state index in [4.69, 9.17) is 9.47 Å². The zero-order valence-corrected chi connectivity index (χ0v) is 30.3. The van der Waals surface area contributed by atoms with Gasteiger partial charge in [-0.1, -0.05) is 61.7 Å². The molecule has 0 aromatic rings. The number of carbonyl (C=O) groups is 4. The zero-order chi connectivity index (χ0) is 34.4. The van der Waals surface area contributed by atoms with Gasteiger partial charge in [0.1, 0.15) is 17.7 Å². The molecule has 3 fully saturated rings. The average Bonchev–Trinajstić information content (AvgIpc) is 3.55. The van der Waals surface area contributed by atoms with Gasteiger partial charge in [-0.2, -0.15) is 0 Å². The molecule has 3 rings (SSSR count). The number of amides is 3. The SMILES string of the molecule is C=CCCC(=O)NC[C@@H](C)OC(=O)[C@@H]1[C@H]2O[C@@]3(CC2Br)[C@H](C(=O)N(CC=C)C(C)(C)CC(C)(C)C)N(CCCCCCO)C(=O)[C@@H]13. The van der Waals surface area contributed by atoms with E-state index in [9.17, 15) is 24.3 Å². The fourth-order valence-corrected chi connectivity index (χ4v) is 8.81. The van der Waals surface area contributed by atoms with Gasteiger partial charge in [0, 0.05) is 36.5 Å². The lowest BCUT2D eigenvalue weighted by atomic mass is 9.70. The van der Waals surface area contributed by atoms with Gasteiger partial charge in [0.25, 0.3) is 0 Å². The minimum atomic E-state index is -1.19. The number of fused-ring (bicyclic) bond motifs is 1. The highest BCUT2D eigenvalue weighted by Gasteiger charge is 2.77.